The number of aromatic nitrogens is 1. The number of nitrogens with two attached hydrogens (primary N) is 1. The highest BCUT2D eigenvalue weighted by molar-refractivity contribution is 5.85. The minimum absolute atomic E-state index is 0. The molecule has 1 heterocycles. The topological polar surface area (TPSA) is 38.9 Å². The number of rotatable bonds is 3. The molecule has 0 aliphatic heterocycles. The summed E-state index contributed by atoms with van der Waals surface area (Å²) in [4.78, 5) is 3.98. The van der Waals surface area contributed by atoms with E-state index >= 15 is 0 Å². The molecule has 2 nitrogen and oxygen atoms in total. The molecule has 2 N–H and O–H groups in total. The van der Waals surface area contributed by atoms with Gasteiger partial charge in [0.2, 0.25) is 0 Å². The largest absolute Gasteiger partial charge is 0.324 e. The summed E-state index contributed by atoms with van der Waals surface area (Å²) in [6.45, 7) is 0. The van der Waals surface area contributed by atoms with Gasteiger partial charge in [-0.05, 0) is 29.7 Å². The van der Waals surface area contributed by atoms with E-state index in [4.69, 9.17) is 5.73 Å². The minimum atomic E-state index is 0. The molecule has 4 heteroatoms. The highest BCUT2D eigenvalue weighted by atomic mass is 35.5. The third-order valence-electron chi connectivity index (χ3n) is 2.43. The molecule has 1 unspecified atom stereocenters. The van der Waals surface area contributed by atoms with Gasteiger partial charge in [-0.2, -0.15) is 0 Å². The van der Waals surface area contributed by atoms with Crippen molar-refractivity contribution in [2.45, 2.75) is 12.5 Å². The van der Waals surface area contributed by atoms with Crippen LogP contribution in [-0.4, -0.2) is 4.98 Å². The molecule has 92 valence electrons. The van der Waals surface area contributed by atoms with Crippen LogP contribution in [0.15, 0.2) is 54.9 Å². The molecular formula is C13H16Cl2N2. The zero-order valence-corrected chi connectivity index (χ0v) is 11.0. The predicted octanol–water partition coefficient (Wildman–Crippen LogP) is 3.17. The third-order valence-corrected chi connectivity index (χ3v) is 2.43. The molecule has 0 aliphatic rings. The Bertz CT molecular complexity index is 406. The number of hydrogen-bond acceptors (Lipinski definition) is 2. The van der Waals surface area contributed by atoms with Crippen LogP contribution in [0.1, 0.15) is 17.2 Å². The van der Waals surface area contributed by atoms with Gasteiger partial charge in [0.1, 0.15) is 0 Å². The molecule has 2 rings (SSSR count). The van der Waals surface area contributed by atoms with Gasteiger partial charge in [-0.15, -0.1) is 24.8 Å². The van der Waals surface area contributed by atoms with Crippen LogP contribution in [0.2, 0.25) is 0 Å². The zero-order valence-electron chi connectivity index (χ0n) is 9.32. The van der Waals surface area contributed by atoms with E-state index in [2.05, 4.69) is 17.1 Å². The van der Waals surface area contributed by atoms with E-state index < -0.39 is 0 Å². The van der Waals surface area contributed by atoms with Gasteiger partial charge < -0.3 is 5.73 Å². The highest BCUT2D eigenvalue weighted by Gasteiger charge is 2.05. The molecule has 0 bridgehead atoms. The highest BCUT2D eigenvalue weighted by Crippen LogP contribution is 2.14. The van der Waals surface area contributed by atoms with Crippen molar-refractivity contribution in [1.82, 2.24) is 4.98 Å². The Morgan fingerprint density at radius 2 is 1.53 bits per heavy atom. The maximum Gasteiger partial charge on any atom is 0.0335 e. The lowest BCUT2D eigenvalue weighted by Crippen LogP contribution is -2.13. The summed E-state index contributed by atoms with van der Waals surface area (Å²) in [6, 6.07) is 14.2. The first-order valence-electron chi connectivity index (χ1n) is 5.05. The van der Waals surface area contributed by atoms with Gasteiger partial charge in [0.25, 0.3) is 0 Å². The van der Waals surface area contributed by atoms with Crippen LogP contribution in [-0.2, 0) is 6.42 Å². The van der Waals surface area contributed by atoms with E-state index in [0.29, 0.717) is 0 Å². The SMILES string of the molecule is Cl.Cl.NC(Cc1ccncc1)c1ccccc1. The third kappa shape index (κ3) is 4.73. The average Bonchev–Trinajstić information content (AvgIpc) is 2.31. The molecular weight excluding hydrogens is 255 g/mol. The van der Waals surface area contributed by atoms with E-state index in [9.17, 15) is 0 Å². The van der Waals surface area contributed by atoms with Gasteiger partial charge >= 0.3 is 0 Å². The maximum atomic E-state index is 6.11. The summed E-state index contributed by atoms with van der Waals surface area (Å²) in [5, 5.41) is 0. The van der Waals surface area contributed by atoms with E-state index in [1.807, 2.05) is 30.3 Å². The lowest BCUT2D eigenvalue weighted by Gasteiger charge is -2.11. The second-order valence-electron chi connectivity index (χ2n) is 3.58. The smallest absolute Gasteiger partial charge is 0.0335 e. The Morgan fingerprint density at radius 3 is 2.12 bits per heavy atom. The second kappa shape index (κ2) is 8.07. The molecule has 0 amide bonds. The first-order valence-corrected chi connectivity index (χ1v) is 5.05. The van der Waals surface area contributed by atoms with Crippen molar-refractivity contribution in [2.75, 3.05) is 0 Å². The summed E-state index contributed by atoms with van der Waals surface area (Å²) in [5.74, 6) is 0. The van der Waals surface area contributed by atoms with Gasteiger partial charge in [-0.1, -0.05) is 30.3 Å². The normalized spacial score (nSPS) is 10.9. The first-order chi connectivity index (χ1) is 7.36. The van der Waals surface area contributed by atoms with Crippen molar-refractivity contribution in [3.63, 3.8) is 0 Å². The van der Waals surface area contributed by atoms with Crippen molar-refractivity contribution in [1.29, 1.82) is 0 Å². The van der Waals surface area contributed by atoms with Crippen molar-refractivity contribution in [2.24, 2.45) is 5.73 Å². The fourth-order valence-electron chi connectivity index (χ4n) is 1.59. The van der Waals surface area contributed by atoms with Crippen molar-refractivity contribution < 1.29 is 0 Å². The summed E-state index contributed by atoms with van der Waals surface area (Å²) >= 11 is 0. The van der Waals surface area contributed by atoms with E-state index in [1.54, 1.807) is 12.4 Å². The van der Waals surface area contributed by atoms with E-state index in [-0.39, 0.29) is 30.9 Å². The van der Waals surface area contributed by atoms with Crippen LogP contribution < -0.4 is 5.73 Å². The molecule has 0 saturated heterocycles. The Kier molecular flexibility index (Phi) is 7.55. The predicted molar refractivity (Wildman–Crippen MR) is 75.8 cm³/mol. The molecule has 1 aromatic heterocycles. The summed E-state index contributed by atoms with van der Waals surface area (Å²) < 4.78 is 0. The number of hydrogen-bond donors (Lipinski definition) is 1. The zero-order chi connectivity index (χ0) is 10.5. The number of pyridine rings is 1. The summed E-state index contributed by atoms with van der Waals surface area (Å²) in [7, 11) is 0. The molecule has 1 aromatic carbocycles. The van der Waals surface area contributed by atoms with Crippen LogP contribution in [0, 0.1) is 0 Å². The lowest BCUT2D eigenvalue weighted by molar-refractivity contribution is 0.721. The summed E-state index contributed by atoms with van der Waals surface area (Å²) in [5.41, 5.74) is 8.51. The van der Waals surface area contributed by atoms with Gasteiger partial charge in [-0.25, -0.2) is 0 Å². The fourth-order valence-corrected chi connectivity index (χ4v) is 1.59. The van der Waals surface area contributed by atoms with Gasteiger partial charge in [-0.3, -0.25) is 4.98 Å². The van der Waals surface area contributed by atoms with E-state index in [0.717, 1.165) is 6.42 Å². The van der Waals surface area contributed by atoms with Crippen LogP contribution >= 0.6 is 24.8 Å². The average molecular weight is 271 g/mol. The molecule has 0 fully saturated rings. The second-order valence-corrected chi connectivity index (χ2v) is 3.58. The molecule has 0 aliphatic carbocycles. The van der Waals surface area contributed by atoms with Gasteiger partial charge in [0.15, 0.2) is 0 Å². The number of nitrogens with zero attached hydrogens (tertiary/aromatic N) is 1. The molecule has 0 saturated carbocycles. The molecule has 0 spiro atoms. The van der Waals surface area contributed by atoms with Gasteiger partial charge in [0.05, 0.1) is 0 Å². The first kappa shape index (κ1) is 15.9. The Labute approximate surface area is 114 Å². The lowest BCUT2D eigenvalue weighted by atomic mass is 10.0. The number of benzene rings is 1. The van der Waals surface area contributed by atoms with Crippen LogP contribution in [0.25, 0.3) is 0 Å². The summed E-state index contributed by atoms with van der Waals surface area (Å²) in [6.07, 6.45) is 4.45. The standard InChI is InChI=1S/C13H14N2.2ClH/c14-13(12-4-2-1-3-5-12)10-11-6-8-15-9-7-11;;/h1-9,13H,10,14H2;2*1H. The van der Waals surface area contributed by atoms with Crippen molar-refractivity contribution >= 4 is 24.8 Å². The Hall–Kier alpha value is -1.09. The Morgan fingerprint density at radius 1 is 0.941 bits per heavy atom. The van der Waals surface area contributed by atoms with Crippen LogP contribution in [0.5, 0.6) is 0 Å². The van der Waals surface area contributed by atoms with Crippen LogP contribution in [0.3, 0.4) is 0 Å². The monoisotopic (exact) mass is 270 g/mol. The molecule has 17 heavy (non-hydrogen) atoms. The number of halogens is 2. The fraction of sp³-hybridized carbons (Fsp3) is 0.154. The molecule has 2 aromatic rings. The van der Waals surface area contributed by atoms with Crippen molar-refractivity contribution in [3.05, 3.63) is 66.0 Å². The molecule has 1 atom stereocenters. The van der Waals surface area contributed by atoms with Crippen molar-refractivity contribution in [3.8, 4) is 0 Å². The Balaban J connectivity index is 0.00000128. The van der Waals surface area contributed by atoms with Crippen LogP contribution in [0.4, 0.5) is 0 Å². The van der Waals surface area contributed by atoms with Gasteiger partial charge in [0, 0.05) is 18.4 Å². The quantitative estimate of drug-likeness (QED) is 0.931. The minimum Gasteiger partial charge on any atom is -0.324 e. The molecule has 0 radical (unpaired) electrons. The van der Waals surface area contributed by atoms with E-state index in [1.165, 1.54) is 11.1 Å². The maximum absolute atomic E-state index is 6.11.